The molecule has 0 aliphatic carbocycles. The van der Waals surface area contributed by atoms with Gasteiger partial charge in [-0.2, -0.15) is 0 Å². The van der Waals surface area contributed by atoms with Crippen LogP contribution < -0.4 is 5.73 Å². The summed E-state index contributed by atoms with van der Waals surface area (Å²) in [5.41, 5.74) is 6.89. The van der Waals surface area contributed by atoms with E-state index >= 15 is 0 Å². The van der Waals surface area contributed by atoms with Crippen molar-refractivity contribution in [1.82, 2.24) is 4.90 Å². The molecule has 4 nitrogen and oxygen atoms in total. The van der Waals surface area contributed by atoms with E-state index in [-0.39, 0.29) is 12.1 Å². The van der Waals surface area contributed by atoms with Crippen LogP contribution in [0.1, 0.15) is 32.4 Å². The van der Waals surface area contributed by atoms with Gasteiger partial charge in [0.1, 0.15) is 5.60 Å². The van der Waals surface area contributed by atoms with Crippen LogP contribution >= 0.6 is 0 Å². The van der Waals surface area contributed by atoms with Crippen LogP contribution in [0.25, 0.3) is 0 Å². The predicted octanol–water partition coefficient (Wildman–Crippen LogP) is 2.55. The second-order valence-electron chi connectivity index (χ2n) is 6.08. The molecule has 0 bridgehead atoms. The number of carbonyl (C=O) groups is 1. The Hall–Kier alpha value is -1.55. The molecule has 2 N–H and O–H groups in total. The molecule has 0 aromatic heterocycles. The van der Waals surface area contributed by atoms with E-state index in [0.717, 1.165) is 5.56 Å². The summed E-state index contributed by atoms with van der Waals surface area (Å²) in [6, 6.07) is 9.99. The molecule has 1 aliphatic heterocycles. The fourth-order valence-corrected chi connectivity index (χ4v) is 2.16. The van der Waals surface area contributed by atoms with Crippen LogP contribution in [0.15, 0.2) is 30.3 Å². The molecule has 0 saturated carbocycles. The highest BCUT2D eigenvalue weighted by Gasteiger charge is 2.37. The van der Waals surface area contributed by atoms with E-state index in [4.69, 9.17) is 10.5 Å². The molecule has 1 atom stereocenters. The summed E-state index contributed by atoms with van der Waals surface area (Å²) in [7, 11) is 0. The molecule has 1 aromatic rings. The number of rotatable bonds is 2. The van der Waals surface area contributed by atoms with Crippen LogP contribution in [-0.2, 0) is 4.74 Å². The molecule has 104 valence electrons. The molecular formula is C15H22N2O2. The van der Waals surface area contributed by atoms with Gasteiger partial charge in [0.05, 0.1) is 0 Å². The van der Waals surface area contributed by atoms with Crippen molar-refractivity contribution >= 4 is 6.09 Å². The Morgan fingerprint density at radius 2 is 1.89 bits per heavy atom. The van der Waals surface area contributed by atoms with Gasteiger partial charge in [-0.05, 0) is 26.3 Å². The Bertz CT molecular complexity index is 433. The number of hydrogen-bond donors (Lipinski definition) is 1. The maximum atomic E-state index is 11.8. The van der Waals surface area contributed by atoms with E-state index < -0.39 is 5.60 Å². The van der Waals surface area contributed by atoms with Crippen molar-refractivity contribution in [3.05, 3.63) is 35.9 Å². The van der Waals surface area contributed by atoms with Gasteiger partial charge in [0.25, 0.3) is 0 Å². The molecule has 4 heteroatoms. The largest absolute Gasteiger partial charge is 0.444 e. The van der Waals surface area contributed by atoms with Crippen LogP contribution in [0.4, 0.5) is 4.79 Å². The number of ether oxygens (including phenoxy) is 1. The Balaban J connectivity index is 1.85. The Morgan fingerprint density at radius 1 is 1.32 bits per heavy atom. The Morgan fingerprint density at radius 3 is 2.42 bits per heavy atom. The van der Waals surface area contributed by atoms with E-state index in [1.165, 1.54) is 0 Å². The molecule has 19 heavy (non-hydrogen) atoms. The van der Waals surface area contributed by atoms with E-state index in [2.05, 4.69) is 0 Å². The maximum absolute atomic E-state index is 11.8. The lowest BCUT2D eigenvalue weighted by atomic mass is 9.88. The second-order valence-corrected chi connectivity index (χ2v) is 6.08. The minimum atomic E-state index is -0.441. The highest BCUT2D eigenvalue weighted by Crippen LogP contribution is 2.29. The van der Waals surface area contributed by atoms with Crippen molar-refractivity contribution in [2.24, 2.45) is 11.7 Å². The molecule has 0 radical (unpaired) electrons. The zero-order valence-corrected chi connectivity index (χ0v) is 11.8. The first kappa shape index (κ1) is 13.9. The molecule has 1 fully saturated rings. The van der Waals surface area contributed by atoms with Crippen LogP contribution in [0, 0.1) is 5.92 Å². The van der Waals surface area contributed by atoms with Gasteiger partial charge in [0.15, 0.2) is 0 Å². The van der Waals surface area contributed by atoms with Crippen molar-refractivity contribution in [3.8, 4) is 0 Å². The molecule has 0 spiro atoms. The third kappa shape index (κ3) is 3.47. The summed E-state index contributed by atoms with van der Waals surface area (Å²) in [4.78, 5) is 13.5. The minimum absolute atomic E-state index is 0.0140. The molecule has 1 aromatic carbocycles. The maximum Gasteiger partial charge on any atom is 0.410 e. The van der Waals surface area contributed by atoms with Gasteiger partial charge >= 0.3 is 6.09 Å². The van der Waals surface area contributed by atoms with E-state index in [9.17, 15) is 4.79 Å². The van der Waals surface area contributed by atoms with Gasteiger partial charge in [-0.15, -0.1) is 0 Å². The average molecular weight is 262 g/mol. The fourth-order valence-electron chi connectivity index (χ4n) is 2.16. The molecule has 1 heterocycles. The van der Waals surface area contributed by atoms with Gasteiger partial charge < -0.3 is 15.4 Å². The average Bonchev–Trinajstić information content (AvgIpc) is 2.25. The third-order valence-corrected chi connectivity index (χ3v) is 3.25. The predicted molar refractivity (Wildman–Crippen MR) is 74.7 cm³/mol. The van der Waals surface area contributed by atoms with Crippen molar-refractivity contribution in [2.75, 3.05) is 13.1 Å². The van der Waals surface area contributed by atoms with Gasteiger partial charge in [-0.25, -0.2) is 4.79 Å². The number of likely N-dealkylation sites (tertiary alicyclic amines) is 1. The molecule has 1 aliphatic rings. The summed E-state index contributed by atoms with van der Waals surface area (Å²) in [5, 5.41) is 0. The highest BCUT2D eigenvalue weighted by atomic mass is 16.6. The van der Waals surface area contributed by atoms with Gasteiger partial charge in [0, 0.05) is 25.0 Å². The number of carbonyl (C=O) groups excluding carboxylic acids is 1. The van der Waals surface area contributed by atoms with Gasteiger partial charge in [0.2, 0.25) is 0 Å². The normalized spacial score (nSPS) is 17.8. The number of nitrogens with two attached hydrogens (primary N) is 1. The summed E-state index contributed by atoms with van der Waals surface area (Å²) in [5.74, 6) is 0.315. The van der Waals surface area contributed by atoms with Crippen LogP contribution in [0.5, 0.6) is 0 Å². The lowest BCUT2D eigenvalue weighted by Crippen LogP contribution is -2.54. The Kier molecular flexibility index (Phi) is 3.80. The summed E-state index contributed by atoms with van der Waals surface area (Å²) < 4.78 is 5.32. The van der Waals surface area contributed by atoms with E-state index in [1.54, 1.807) is 4.90 Å². The summed E-state index contributed by atoms with van der Waals surface area (Å²) >= 11 is 0. The number of amides is 1. The number of benzene rings is 1. The summed E-state index contributed by atoms with van der Waals surface area (Å²) in [6.07, 6.45) is -0.246. The van der Waals surface area contributed by atoms with Crippen LogP contribution in [0.2, 0.25) is 0 Å². The van der Waals surface area contributed by atoms with Crippen LogP contribution in [0.3, 0.4) is 0 Å². The Labute approximate surface area is 114 Å². The summed E-state index contributed by atoms with van der Waals surface area (Å²) in [6.45, 7) is 6.96. The first-order valence-corrected chi connectivity index (χ1v) is 6.65. The zero-order chi connectivity index (χ0) is 14.0. The zero-order valence-electron chi connectivity index (χ0n) is 11.8. The number of hydrogen-bond acceptors (Lipinski definition) is 3. The first-order chi connectivity index (χ1) is 8.87. The lowest BCUT2D eigenvalue weighted by molar-refractivity contribution is -0.00477. The quantitative estimate of drug-likeness (QED) is 0.891. The standard InChI is InChI=1S/C15H22N2O2/c1-15(2,3)19-14(18)17-9-12(10-17)13(16)11-7-5-4-6-8-11/h4-8,12-13H,9-10,16H2,1-3H3. The van der Waals surface area contributed by atoms with Crippen LogP contribution in [-0.4, -0.2) is 29.7 Å². The highest BCUT2D eigenvalue weighted by molar-refractivity contribution is 5.69. The van der Waals surface area contributed by atoms with Gasteiger partial charge in [-0.1, -0.05) is 30.3 Å². The molecule has 1 unspecified atom stereocenters. The monoisotopic (exact) mass is 262 g/mol. The minimum Gasteiger partial charge on any atom is -0.444 e. The SMILES string of the molecule is CC(C)(C)OC(=O)N1CC(C(N)c2ccccc2)C1. The lowest BCUT2D eigenvalue weighted by Gasteiger charge is -2.42. The van der Waals surface area contributed by atoms with E-state index in [1.807, 2.05) is 51.1 Å². The first-order valence-electron chi connectivity index (χ1n) is 6.65. The topological polar surface area (TPSA) is 55.6 Å². The van der Waals surface area contributed by atoms with Crippen molar-refractivity contribution in [3.63, 3.8) is 0 Å². The van der Waals surface area contributed by atoms with Crippen molar-refractivity contribution < 1.29 is 9.53 Å². The smallest absolute Gasteiger partial charge is 0.410 e. The molecule has 1 saturated heterocycles. The molecular weight excluding hydrogens is 240 g/mol. The van der Waals surface area contributed by atoms with Crippen molar-refractivity contribution in [1.29, 1.82) is 0 Å². The van der Waals surface area contributed by atoms with Gasteiger partial charge in [-0.3, -0.25) is 0 Å². The second kappa shape index (κ2) is 5.21. The molecule has 1 amide bonds. The molecule has 2 rings (SSSR count). The van der Waals surface area contributed by atoms with E-state index in [0.29, 0.717) is 19.0 Å². The third-order valence-electron chi connectivity index (χ3n) is 3.25. The fraction of sp³-hybridized carbons (Fsp3) is 0.533. The number of nitrogens with zero attached hydrogens (tertiary/aromatic N) is 1. The van der Waals surface area contributed by atoms with Crippen molar-refractivity contribution in [2.45, 2.75) is 32.4 Å².